The molecule has 0 saturated carbocycles. The van der Waals surface area contributed by atoms with Crippen LogP contribution >= 0.6 is 0 Å². The van der Waals surface area contributed by atoms with Gasteiger partial charge in [-0.05, 0) is 36.5 Å². The van der Waals surface area contributed by atoms with E-state index in [2.05, 4.69) is 10.6 Å². The van der Waals surface area contributed by atoms with E-state index in [9.17, 15) is 14.7 Å². The molecule has 1 aliphatic rings. The fraction of sp³-hybridized carbons (Fsp3) is 0.300. The standard InChI is InChI=1S/C20H22N2O3/c1-14-6-8-15(9-7-14)12-21-18(23)19(24)22-13-20(25)11-10-16-4-2-3-5-17(16)20/h2-9,25H,10-13H2,1H3,(H,21,23)(H,22,24). The average molecular weight is 338 g/mol. The Hall–Kier alpha value is -2.66. The van der Waals surface area contributed by atoms with Crippen molar-refractivity contribution in [2.75, 3.05) is 6.54 Å². The summed E-state index contributed by atoms with van der Waals surface area (Å²) >= 11 is 0. The highest BCUT2D eigenvalue weighted by Gasteiger charge is 2.36. The molecule has 0 radical (unpaired) electrons. The maximum absolute atomic E-state index is 12.0. The number of rotatable bonds is 4. The monoisotopic (exact) mass is 338 g/mol. The number of carbonyl (C=O) groups excluding carboxylic acids is 2. The molecule has 0 bridgehead atoms. The van der Waals surface area contributed by atoms with E-state index in [1.165, 1.54) is 0 Å². The van der Waals surface area contributed by atoms with Crippen LogP contribution in [0.3, 0.4) is 0 Å². The number of amides is 2. The molecule has 0 saturated heterocycles. The second-order valence-electron chi connectivity index (χ2n) is 6.54. The minimum absolute atomic E-state index is 0.0286. The van der Waals surface area contributed by atoms with Crippen molar-refractivity contribution >= 4 is 11.8 Å². The second-order valence-corrected chi connectivity index (χ2v) is 6.54. The number of hydrogen-bond acceptors (Lipinski definition) is 3. The Morgan fingerprint density at radius 3 is 2.48 bits per heavy atom. The molecule has 5 nitrogen and oxygen atoms in total. The van der Waals surface area contributed by atoms with Crippen molar-refractivity contribution < 1.29 is 14.7 Å². The molecule has 0 aromatic heterocycles. The van der Waals surface area contributed by atoms with Crippen molar-refractivity contribution in [2.45, 2.75) is 31.9 Å². The Balaban J connectivity index is 1.52. The number of hydrogen-bond donors (Lipinski definition) is 3. The van der Waals surface area contributed by atoms with Gasteiger partial charge in [0.2, 0.25) is 0 Å². The Labute approximate surface area is 147 Å². The molecule has 1 atom stereocenters. The highest BCUT2D eigenvalue weighted by atomic mass is 16.3. The van der Waals surface area contributed by atoms with Gasteiger partial charge in [-0.3, -0.25) is 9.59 Å². The molecule has 25 heavy (non-hydrogen) atoms. The molecule has 1 aliphatic carbocycles. The zero-order valence-electron chi connectivity index (χ0n) is 14.2. The largest absolute Gasteiger partial charge is 0.383 e. The Kier molecular flexibility index (Phi) is 4.86. The number of aliphatic hydroxyl groups is 1. The quantitative estimate of drug-likeness (QED) is 0.741. The zero-order chi connectivity index (χ0) is 17.9. The predicted molar refractivity (Wildman–Crippen MR) is 94.7 cm³/mol. The molecule has 3 N–H and O–H groups in total. The highest BCUT2D eigenvalue weighted by molar-refractivity contribution is 6.35. The second kappa shape index (κ2) is 7.07. The van der Waals surface area contributed by atoms with Gasteiger partial charge in [0.1, 0.15) is 5.60 Å². The molecule has 2 aromatic carbocycles. The molecule has 2 amide bonds. The van der Waals surface area contributed by atoms with Crippen LogP contribution in [0.4, 0.5) is 0 Å². The number of benzene rings is 2. The van der Waals surface area contributed by atoms with Crippen molar-refractivity contribution in [1.82, 2.24) is 10.6 Å². The van der Waals surface area contributed by atoms with Crippen LogP contribution in [0.1, 0.15) is 28.7 Å². The molecule has 0 spiro atoms. The van der Waals surface area contributed by atoms with Gasteiger partial charge in [0.05, 0.1) is 6.54 Å². The SMILES string of the molecule is Cc1ccc(CNC(=O)C(=O)NCC2(O)CCc3ccccc32)cc1. The van der Waals surface area contributed by atoms with E-state index in [0.717, 1.165) is 28.7 Å². The maximum atomic E-state index is 12.0. The van der Waals surface area contributed by atoms with Gasteiger partial charge >= 0.3 is 11.8 Å². The van der Waals surface area contributed by atoms with Crippen LogP contribution in [-0.2, 0) is 28.2 Å². The zero-order valence-corrected chi connectivity index (χ0v) is 14.2. The van der Waals surface area contributed by atoms with Crippen LogP contribution in [0.15, 0.2) is 48.5 Å². The molecule has 0 fully saturated rings. The fourth-order valence-corrected chi connectivity index (χ4v) is 3.13. The van der Waals surface area contributed by atoms with Crippen molar-refractivity contribution in [3.63, 3.8) is 0 Å². The minimum Gasteiger partial charge on any atom is -0.383 e. The topological polar surface area (TPSA) is 78.4 Å². The molecule has 130 valence electrons. The van der Waals surface area contributed by atoms with Crippen molar-refractivity contribution in [3.8, 4) is 0 Å². The first-order valence-electron chi connectivity index (χ1n) is 8.40. The first kappa shape index (κ1) is 17.2. The van der Waals surface area contributed by atoms with Crippen LogP contribution in [0.5, 0.6) is 0 Å². The lowest BCUT2D eigenvalue weighted by molar-refractivity contribution is -0.140. The first-order valence-corrected chi connectivity index (χ1v) is 8.40. The van der Waals surface area contributed by atoms with Crippen molar-refractivity contribution in [3.05, 3.63) is 70.8 Å². The first-order chi connectivity index (χ1) is 12.0. The molecular weight excluding hydrogens is 316 g/mol. The third-order valence-electron chi connectivity index (χ3n) is 4.65. The summed E-state index contributed by atoms with van der Waals surface area (Å²) in [5.74, 6) is -1.43. The van der Waals surface area contributed by atoms with E-state index in [4.69, 9.17) is 0 Å². The lowest BCUT2D eigenvalue weighted by Crippen LogP contribution is -2.45. The Morgan fingerprint density at radius 2 is 1.72 bits per heavy atom. The van der Waals surface area contributed by atoms with Gasteiger partial charge in [-0.15, -0.1) is 0 Å². The Bertz CT molecular complexity index is 786. The molecule has 0 heterocycles. The van der Waals surface area contributed by atoms with Gasteiger partial charge in [0.15, 0.2) is 0 Å². The third-order valence-corrected chi connectivity index (χ3v) is 4.65. The number of fused-ring (bicyclic) bond motifs is 1. The van der Waals surface area contributed by atoms with Gasteiger partial charge < -0.3 is 15.7 Å². The summed E-state index contributed by atoms with van der Waals surface area (Å²) in [5.41, 5.74) is 2.87. The normalized spacial score (nSPS) is 18.5. The summed E-state index contributed by atoms with van der Waals surface area (Å²) < 4.78 is 0. The van der Waals surface area contributed by atoms with Crippen molar-refractivity contribution in [2.24, 2.45) is 0 Å². The molecule has 2 aromatic rings. The summed E-state index contributed by atoms with van der Waals surface area (Å²) in [4.78, 5) is 23.9. The van der Waals surface area contributed by atoms with E-state index in [0.29, 0.717) is 13.0 Å². The number of carbonyl (C=O) groups is 2. The van der Waals surface area contributed by atoms with E-state index in [1.807, 2.05) is 55.5 Å². The summed E-state index contributed by atoms with van der Waals surface area (Å²) in [6.07, 6.45) is 1.31. The summed E-state index contributed by atoms with van der Waals surface area (Å²) in [5, 5.41) is 15.9. The third kappa shape index (κ3) is 3.88. The molecule has 1 unspecified atom stereocenters. The van der Waals surface area contributed by atoms with Crippen LogP contribution in [0.25, 0.3) is 0 Å². The smallest absolute Gasteiger partial charge is 0.309 e. The molecule has 0 aliphatic heterocycles. The Morgan fingerprint density at radius 1 is 1.04 bits per heavy atom. The lowest BCUT2D eigenvalue weighted by Gasteiger charge is -2.24. The van der Waals surface area contributed by atoms with E-state index in [-0.39, 0.29) is 6.54 Å². The van der Waals surface area contributed by atoms with E-state index in [1.54, 1.807) is 0 Å². The van der Waals surface area contributed by atoms with E-state index >= 15 is 0 Å². The maximum Gasteiger partial charge on any atom is 0.309 e. The fourth-order valence-electron chi connectivity index (χ4n) is 3.13. The van der Waals surface area contributed by atoms with E-state index < -0.39 is 17.4 Å². The molecule has 3 rings (SSSR count). The summed E-state index contributed by atoms with van der Waals surface area (Å²) in [7, 11) is 0. The van der Waals surface area contributed by atoms with Gasteiger partial charge in [-0.1, -0.05) is 54.1 Å². The summed E-state index contributed by atoms with van der Waals surface area (Å²) in [6.45, 7) is 2.31. The predicted octanol–water partition coefficient (Wildman–Crippen LogP) is 1.56. The van der Waals surface area contributed by atoms with Crippen molar-refractivity contribution in [1.29, 1.82) is 0 Å². The van der Waals surface area contributed by atoms with Crippen LogP contribution in [0, 0.1) is 6.92 Å². The van der Waals surface area contributed by atoms with Gasteiger partial charge in [0, 0.05) is 6.54 Å². The van der Waals surface area contributed by atoms with Crippen LogP contribution in [-0.4, -0.2) is 23.5 Å². The van der Waals surface area contributed by atoms with Gasteiger partial charge in [-0.2, -0.15) is 0 Å². The van der Waals surface area contributed by atoms with Gasteiger partial charge in [-0.25, -0.2) is 0 Å². The number of aryl methyl sites for hydroxylation is 2. The molecule has 5 heteroatoms. The highest BCUT2D eigenvalue weighted by Crippen LogP contribution is 2.36. The lowest BCUT2D eigenvalue weighted by atomic mass is 9.96. The molecular formula is C20H22N2O3. The minimum atomic E-state index is -1.11. The number of nitrogens with one attached hydrogen (secondary N) is 2. The van der Waals surface area contributed by atoms with Gasteiger partial charge in [0.25, 0.3) is 0 Å². The average Bonchev–Trinajstić information content (AvgIpc) is 2.97. The van der Waals surface area contributed by atoms with Crippen LogP contribution < -0.4 is 10.6 Å². The summed E-state index contributed by atoms with van der Waals surface area (Å²) in [6, 6.07) is 15.4. The van der Waals surface area contributed by atoms with Crippen LogP contribution in [0.2, 0.25) is 0 Å².